The van der Waals surface area contributed by atoms with E-state index >= 15 is 0 Å². The van der Waals surface area contributed by atoms with Crippen molar-refractivity contribution in [3.63, 3.8) is 0 Å². The van der Waals surface area contributed by atoms with E-state index in [1.165, 1.54) is 16.3 Å². The summed E-state index contributed by atoms with van der Waals surface area (Å²) in [5.74, 6) is 0.650. The average Bonchev–Trinajstić information content (AvgIpc) is 3.52. The predicted molar refractivity (Wildman–Crippen MR) is 208 cm³/mol. The third kappa shape index (κ3) is 6.29. The first kappa shape index (κ1) is 40.8. The van der Waals surface area contributed by atoms with Crippen LogP contribution in [0.25, 0.3) is 10.4 Å². The van der Waals surface area contributed by atoms with Crippen molar-refractivity contribution in [1.29, 1.82) is 0 Å². The number of ether oxygens (including phenoxy) is 4. The molecule has 0 aromatic carbocycles. The molecule has 2 heterocycles. The van der Waals surface area contributed by atoms with E-state index in [0.717, 1.165) is 64.2 Å². The summed E-state index contributed by atoms with van der Waals surface area (Å²) in [6.45, 7) is 20.1. The zero-order valence-electron chi connectivity index (χ0n) is 34.9. The van der Waals surface area contributed by atoms with Gasteiger partial charge in [-0.25, -0.2) is 9.59 Å². The van der Waals surface area contributed by atoms with Gasteiger partial charge in [0.15, 0.2) is 0 Å². The van der Waals surface area contributed by atoms with Crippen molar-refractivity contribution in [3.05, 3.63) is 44.3 Å². The number of nitrogens with zero attached hydrogens (tertiary/aromatic N) is 5. The molecule has 13 nitrogen and oxygen atoms in total. The van der Waals surface area contributed by atoms with E-state index in [0.29, 0.717) is 17.4 Å². The standard InChI is InChI=1S/C43H63N5O8/c1-10-53-37(52)56-34-25(2)23-48(36(51)45-34)33-21-28(46-47-44)29(55-33)24-54-35(50)43-19-17-38(3,4)22-27(43)26-11-12-31-40(7)15-14-32(49)39(5,6)30(40)13-16-42(31,9)41(26,8)18-20-43/h11,23,27-33,49H,10,12-22,24H2,1-9H3/t27-,28-,29+,30-,31+,32-,33+,40-,41+,42+,43-/m0/s1. The van der Waals surface area contributed by atoms with Crippen LogP contribution < -0.4 is 10.4 Å². The monoisotopic (exact) mass is 777 g/mol. The van der Waals surface area contributed by atoms with E-state index in [2.05, 4.69) is 69.6 Å². The number of esters is 1. The zero-order chi connectivity index (χ0) is 40.6. The number of carbonyl (C=O) groups excluding carboxylic acids is 2. The van der Waals surface area contributed by atoms with Crippen LogP contribution in [0, 0.1) is 57.2 Å². The van der Waals surface area contributed by atoms with Crippen molar-refractivity contribution in [3.8, 4) is 5.88 Å². The zero-order valence-corrected chi connectivity index (χ0v) is 34.9. The van der Waals surface area contributed by atoms with Crippen LogP contribution in [-0.2, 0) is 19.0 Å². The van der Waals surface area contributed by atoms with Crippen molar-refractivity contribution in [2.45, 2.75) is 157 Å². The second kappa shape index (κ2) is 14.2. The summed E-state index contributed by atoms with van der Waals surface area (Å²) in [4.78, 5) is 46.7. The predicted octanol–water partition coefficient (Wildman–Crippen LogP) is 8.76. The molecule has 0 amide bonds. The number of azide groups is 1. The van der Waals surface area contributed by atoms with Crippen LogP contribution in [0.1, 0.15) is 138 Å². The fourth-order valence-electron chi connectivity index (χ4n) is 13.2. The summed E-state index contributed by atoms with van der Waals surface area (Å²) in [6.07, 6.45) is 10.8. The molecule has 5 aliphatic carbocycles. The highest BCUT2D eigenvalue weighted by atomic mass is 16.7. The summed E-state index contributed by atoms with van der Waals surface area (Å²) in [7, 11) is 0. The molecule has 1 saturated heterocycles. The van der Waals surface area contributed by atoms with Gasteiger partial charge < -0.3 is 24.1 Å². The first-order chi connectivity index (χ1) is 26.3. The summed E-state index contributed by atoms with van der Waals surface area (Å²) < 4.78 is 23.7. The lowest BCUT2D eigenvalue weighted by Gasteiger charge is -2.71. The Labute approximate surface area is 330 Å². The molecule has 0 bridgehead atoms. The van der Waals surface area contributed by atoms with Crippen LogP contribution in [0.4, 0.5) is 4.79 Å². The lowest BCUT2D eigenvalue weighted by Crippen LogP contribution is -2.65. The van der Waals surface area contributed by atoms with E-state index < -0.39 is 35.6 Å². The lowest BCUT2D eigenvalue weighted by molar-refractivity contribution is -0.207. The van der Waals surface area contributed by atoms with Gasteiger partial charge in [-0.3, -0.25) is 9.36 Å². The van der Waals surface area contributed by atoms with Crippen molar-refractivity contribution >= 4 is 12.1 Å². The minimum Gasteiger partial charge on any atom is -0.462 e. The van der Waals surface area contributed by atoms with Crippen LogP contribution in [-0.4, -0.2) is 58.2 Å². The summed E-state index contributed by atoms with van der Waals surface area (Å²) in [6, 6.07) is -0.686. The molecule has 1 aromatic rings. The summed E-state index contributed by atoms with van der Waals surface area (Å²) in [5.41, 5.74) is 10.0. The first-order valence-electron chi connectivity index (χ1n) is 21.0. The number of hydrogen-bond donors (Lipinski definition) is 1. The molecule has 0 spiro atoms. The van der Waals surface area contributed by atoms with Crippen LogP contribution in [0.2, 0.25) is 0 Å². The van der Waals surface area contributed by atoms with Crippen molar-refractivity contribution in [1.82, 2.24) is 9.55 Å². The molecule has 1 N–H and O–H groups in total. The molecule has 6 aliphatic rings. The molecule has 1 aromatic heterocycles. The van der Waals surface area contributed by atoms with E-state index in [1.807, 2.05) is 0 Å². The highest BCUT2D eigenvalue weighted by Gasteiger charge is 2.69. The number of allylic oxidation sites excluding steroid dienone is 2. The molecule has 0 unspecified atom stereocenters. The lowest BCUT2D eigenvalue weighted by atomic mass is 9.33. The number of fused-ring (bicyclic) bond motifs is 7. The van der Waals surface area contributed by atoms with E-state index in [9.17, 15) is 25.0 Å². The number of rotatable bonds is 7. The maximum atomic E-state index is 14.7. The molecule has 56 heavy (non-hydrogen) atoms. The largest absolute Gasteiger partial charge is 0.515 e. The first-order valence-corrected chi connectivity index (χ1v) is 21.0. The average molecular weight is 778 g/mol. The Hall–Kier alpha value is -3.41. The maximum absolute atomic E-state index is 14.7. The number of aliphatic hydroxyl groups excluding tert-OH is 1. The third-order valence-corrected chi connectivity index (χ3v) is 16.6. The van der Waals surface area contributed by atoms with Crippen LogP contribution in [0.5, 0.6) is 5.88 Å². The summed E-state index contributed by atoms with van der Waals surface area (Å²) in [5, 5.41) is 15.1. The minimum absolute atomic E-state index is 0.0542. The molecular weight excluding hydrogens is 714 g/mol. The van der Waals surface area contributed by atoms with E-state index in [1.54, 1.807) is 13.8 Å². The third-order valence-electron chi connectivity index (χ3n) is 16.6. The van der Waals surface area contributed by atoms with Gasteiger partial charge in [0.1, 0.15) is 18.9 Å². The number of aromatic nitrogens is 2. The molecule has 7 rings (SSSR count). The Balaban J connectivity index is 1.13. The maximum Gasteiger partial charge on any atom is 0.515 e. The fraction of sp³-hybridized carbons (Fsp3) is 0.814. The Bertz CT molecular complexity index is 1890. The molecular formula is C43H63N5O8. The van der Waals surface area contributed by atoms with Crippen molar-refractivity contribution in [2.75, 3.05) is 13.2 Å². The molecule has 5 fully saturated rings. The second-order valence-electron chi connectivity index (χ2n) is 20.2. The van der Waals surface area contributed by atoms with Gasteiger partial charge in [-0.05, 0) is 128 Å². The highest BCUT2D eigenvalue weighted by molar-refractivity contribution is 5.79. The fourth-order valence-corrected chi connectivity index (χ4v) is 13.2. The molecule has 308 valence electrons. The molecule has 0 radical (unpaired) electrons. The number of hydrogen-bond acceptors (Lipinski definition) is 10. The van der Waals surface area contributed by atoms with Crippen LogP contribution in [0.3, 0.4) is 0 Å². The van der Waals surface area contributed by atoms with Gasteiger partial charge in [0.2, 0.25) is 5.88 Å². The van der Waals surface area contributed by atoms with Gasteiger partial charge in [0.05, 0.1) is 24.2 Å². The second-order valence-corrected chi connectivity index (χ2v) is 20.2. The molecule has 11 atom stereocenters. The quantitative estimate of drug-likeness (QED) is 0.0933. The Morgan fingerprint density at radius 2 is 1.77 bits per heavy atom. The van der Waals surface area contributed by atoms with E-state index in [4.69, 9.17) is 18.9 Å². The molecule has 13 heteroatoms. The van der Waals surface area contributed by atoms with E-state index in [-0.39, 0.29) is 70.6 Å². The van der Waals surface area contributed by atoms with Gasteiger partial charge >= 0.3 is 17.8 Å². The van der Waals surface area contributed by atoms with Gasteiger partial charge in [0, 0.05) is 23.1 Å². The SMILES string of the molecule is CCOC(=O)Oc1nc(=O)n([C@H]2C[C@H](N=[N+]=[N-])[C@@H](COC(=O)[C@]34CCC(C)(C)C[C@H]3C3=CC[C@@H]5[C@@]6(C)CC[C@H](O)C(C)(C)[C@@H]6CC[C@@]5(C)[C@]3(C)CC4)O2)cc1C. The van der Waals surface area contributed by atoms with Gasteiger partial charge in [-0.1, -0.05) is 65.2 Å². The van der Waals surface area contributed by atoms with Gasteiger partial charge in [-0.15, -0.1) is 0 Å². The smallest absolute Gasteiger partial charge is 0.462 e. The Morgan fingerprint density at radius 1 is 1.04 bits per heavy atom. The van der Waals surface area contributed by atoms with Crippen LogP contribution in [0.15, 0.2) is 27.8 Å². The number of aryl methyl sites for hydroxylation is 1. The Morgan fingerprint density at radius 3 is 2.48 bits per heavy atom. The van der Waals surface area contributed by atoms with Crippen LogP contribution >= 0.6 is 0 Å². The topological polar surface area (TPSA) is 175 Å². The molecule has 4 saturated carbocycles. The normalized spacial score (nSPS) is 40.7. The van der Waals surface area contributed by atoms with Crippen molar-refractivity contribution < 1.29 is 33.6 Å². The highest BCUT2D eigenvalue weighted by Crippen LogP contribution is 2.75. The minimum atomic E-state index is -0.960. The molecule has 1 aliphatic heterocycles. The Kier molecular flexibility index (Phi) is 10.3. The summed E-state index contributed by atoms with van der Waals surface area (Å²) >= 11 is 0. The van der Waals surface area contributed by atoms with Crippen molar-refractivity contribution in [2.24, 2.45) is 55.4 Å². The van der Waals surface area contributed by atoms with Gasteiger partial charge in [-0.2, -0.15) is 4.98 Å². The number of aliphatic hydroxyl groups is 1. The number of carbonyl (C=O) groups is 2. The van der Waals surface area contributed by atoms with Gasteiger partial charge in [0.25, 0.3) is 0 Å².